The summed E-state index contributed by atoms with van der Waals surface area (Å²) in [6, 6.07) is 15.7. The van der Waals surface area contributed by atoms with Crippen LogP contribution < -0.4 is 0 Å². The van der Waals surface area contributed by atoms with Gasteiger partial charge in [0, 0.05) is 25.5 Å². The number of nitrogens with zero attached hydrogens (tertiary/aromatic N) is 5. The van der Waals surface area contributed by atoms with Gasteiger partial charge in [-0.3, -0.25) is 0 Å². The summed E-state index contributed by atoms with van der Waals surface area (Å²) in [6.45, 7) is 8.68. The molecule has 0 saturated heterocycles. The first-order chi connectivity index (χ1) is 20.1. The molecule has 0 spiro atoms. The molecule has 4 rings (SSSR count). The molecular weight excluding hydrogens is 540 g/mol. The SMILES string of the molecule is CCCCc1nc(C(C)(C)O)c(C(=O)OC(C)OC(=O)OCC)n1Cc1ccc(-c2ccccc2-c2nnn[nH]2)cc1. The molecule has 2 aromatic carbocycles. The van der Waals surface area contributed by atoms with E-state index >= 15 is 0 Å². The minimum Gasteiger partial charge on any atom is -0.435 e. The van der Waals surface area contributed by atoms with E-state index in [0.717, 1.165) is 35.1 Å². The maximum absolute atomic E-state index is 13.5. The quantitative estimate of drug-likeness (QED) is 0.173. The molecule has 12 nitrogen and oxygen atoms in total. The fourth-order valence-electron chi connectivity index (χ4n) is 4.53. The molecule has 2 aromatic heterocycles. The number of tetrazole rings is 1. The molecule has 0 fully saturated rings. The van der Waals surface area contributed by atoms with E-state index in [-0.39, 0.29) is 18.0 Å². The topological polar surface area (TPSA) is 154 Å². The van der Waals surface area contributed by atoms with E-state index < -0.39 is 24.0 Å². The van der Waals surface area contributed by atoms with Crippen molar-refractivity contribution in [2.24, 2.45) is 0 Å². The predicted molar refractivity (Wildman–Crippen MR) is 153 cm³/mol. The van der Waals surface area contributed by atoms with Crippen molar-refractivity contribution in [2.45, 2.75) is 72.3 Å². The molecule has 0 aliphatic heterocycles. The minimum atomic E-state index is -1.44. The monoisotopic (exact) mass is 576 g/mol. The van der Waals surface area contributed by atoms with Gasteiger partial charge in [-0.1, -0.05) is 61.9 Å². The predicted octanol–water partition coefficient (Wildman–Crippen LogP) is 5.02. The van der Waals surface area contributed by atoms with Gasteiger partial charge in [0.05, 0.1) is 6.61 Å². The Balaban J connectivity index is 1.68. The van der Waals surface area contributed by atoms with Crippen LogP contribution in [0.3, 0.4) is 0 Å². The van der Waals surface area contributed by atoms with E-state index in [4.69, 9.17) is 19.2 Å². The van der Waals surface area contributed by atoms with E-state index in [1.807, 2.05) is 48.5 Å². The number of hydrogen-bond donors (Lipinski definition) is 2. The molecule has 0 aliphatic carbocycles. The van der Waals surface area contributed by atoms with Crippen molar-refractivity contribution in [3.8, 4) is 22.5 Å². The van der Waals surface area contributed by atoms with Crippen LogP contribution in [-0.4, -0.2) is 60.3 Å². The van der Waals surface area contributed by atoms with Gasteiger partial charge >= 0.3 is 12.1 Å². The number of carbonyl (C=O) groups excluding carboxylic acids is 2. The molecule has 1 atom stereocenters. The molecule has 0 aliphatic rings. The largest absolute Gasteiger partial charge is 0.511 e. The van der Waals surface area contributed by atoms with E-state index in [1.54, 1.807) is 25.3 Å². The normalized spacial score (nSPS) is 12.1. The number of aryl methyl sites for hydroxylation is 1. The number of carbonyl (C=O) groups is 2. The standard InChI is InChI=1S/C30H36N6O6/c1-6-8-13-24-31-26(30(4,5)39)25(28(37)41-19(3)42-29(38)40-7-2)36(24)18-20-14-16-21(17-15-20)22-11-9-10-12-23(22)27-32-34-35-33-27/h9-12,14-17,19,39H,6-8,13,18H2,1-5H3,(H,32,33,34,35). The van der Waals surface area contributed by atoms with Crippen LogP contribution in [0.2, 0.25) is 0 Å². The molecule has 2 N–H and O–H groups in total. The maximum atomic E-state index is 13.5. The Morgan fingerprint density at radius 2 is 1.76 bits per heavy atom. The first-order valence-corrected chi connectivity index (χ1v) is 13.9. The van der Waals surface area contributed by atoms with E-state index in [2.05, 4.69) is 27.5 Å². The Morgan fingerprint density at radius 3 is 2.38 bits per heavy atom. The first-order valence-electron chi connectivity index (χ1n) is 13.9. The van der Waals surface area contributed by atoms with Crippen molar-refractivity contribution in [3.63, 3.8) is 0 Å². The van der Waals surface area contributed by atoms with Gasteiger partial charge in [-0.05, 0) is 54.3 Å². The maximum Gasteiger partial charge on any atom is 0.511 e. The lowest BCUT2D eigenvalue weighted by Crippen LogP contribution is -2.27. The molecule has 12 heteroatoms. The number of imidazole rings is 1. The first kappa shape index (κ1) is 30.4. The van der Waals surface area contributed by atoms with Gasteiger partial charge in [0.1, 0.15) is 17.1 Å². The summed E-state index contributed by atoms with van der Waals surface area (Å²) >= 11 is 0. The Hall–Kier alpha value is -4.58. The third-order valence-electron chi connectivity index (χ3n) is 6.50. The molecule has 1 unspecified atom stereocenters. The highest BCUT2D eigenvalue weighted by Crippen LogP contribution is 2.31. The number of nitrogens with one attached hydrogen (secondary N) is 1. The zero-order valence-electron chi connectivity index (χ0n) is 24.5. The number of H-pyrrole nitrogens is 1. The van der Waals surface area contributed by atoms with E-state index in [0.29, 0.717) is 24.6 Å². The van der Waals surface area contributed by atoms with Crippen molar-refractivity contribution in [3.05, 3.63) is 71.3 Å². The smallest absolute Gasteiger partial charge is 0.435 e. The highest BCUT2D eigenvalue weighted by molar-refractivity contribution is 5.89. The van der Waals surface area contributed by atoms with Crippen LogP contribution in [0.25, 0.3) is 22.5 Å². The van der Waals surface area contributed by atoms with Gasteiger partial charge in [-0.2, -0.15) is 0 Å². The van der Waals surface area contributed by atoms with Gasteiger partial charge in [0.25, 0.3) is 0 Å². The molecule has 0 radical (unpaired) electrons. The molecule has 42 heavy (non-hydrogen) atoms. The third kappa shape index (κ3) is 7.19. The lowest BCUT2D eigenvalue weighted by molar-refractivity contribution is -0.0819. The lowest BCUT2D eigenvalue weighted by Gasteiger charge is -2.19. The zero-order valence-corrected chi connectivity index (χ0v) is 24.5. The number of aromatic amines is 1. The minimum absolute atomic E-state index is 0.0974. The number of esters is 1. The number of aromatic nitrogens is 6. The fourth-order valence-corrected chi connectivity index (χ4v) is 4.53. The second kappa shape index (κ2) is 13.4. The summed E-state index contributed by atoms with van der Waals surface area (Å²) in [5.74, 6) is 0.439. The highest BCUT2D eigenvalue weighted by atomic mass is 16.8. The molecule has 4 aromatic rings. The van der Waals surface area contributed by atoms with E-state index in [1.165, 1.54) is 6.92 Å². The van der Waals surface area contributed by atoms with Crippen LogP contribution in [0.5, 0.6) is 0 Å². The molecule has 222 valence electrons. The highest BCUT2D eigenvalue weighted by Gasteiger charge is 2.33. The molecule has 0 saturated carbocycles. The second-order valence-electron chi connectivity index (χ2n) is 10.2. The summed E-state index contributed by atoms with van der Waals surface area (Å²) in [4.78, 5) is 29.9. The number of ether oxygens (including phenoxy) is 3. The number of rotatable bonds is 12. The summed E-state index contributed by atoms with van der Waals surface area (Å²) in [7, 11) is 0. The number of hydrogen-bond acceptors (Lipinski definition) is 10. The van der Waals surface area contributed by atoms with Gasteiger partial charge in [-0.25, -0.2) is 19.7 Å². The number of unbranched alkanes of at least 4 members (excludes halogenated alkanes) is 1. The van der Waals surface area contributed by atoms with Gasteiger partial charge < -0.3 is 23.9 Å². The molecule has 0 bridgehead atoms. The van der Waals surface area contributed by atoms with Crippen molar-refractivity contribution in [2.75, 3.05) is 6.61 Å². The Kier molecular flexibility index (Phi) is 9.68. The van der Waals surface area contributed by atoms with E-state index in [9.17, 15) is 14.7 Å². The van der Waals surface area contributed by atoms with Gasteiger partial charge in [0.15, 0.2) is 11.5 Å². The fraction of sp³-hybridized carbons (Fsp3) is 0.400. The van der Waals surface area contributed by atoms with Crippen LogP contribution in [0.4, 0.5) is 4.79 Å². The Morgan fingerprint density at radius 1 is 1.05 bits per heavy atom. The Bertz CT molecular complexity index is 1490. The molecule has 2 heterocycles. The molecular formula is C30H36N6O6. The van der Waals surface area contributed by atoms with Gasteiger partial charge in [0.2, 0.25) is 6.29 Å². The summed E-state index contributed by atoms with van der Waals surface area (Å²) in [5, 5.41) is 25.2. The van der Waals surface area contributed by atoms with Crippen molar-refractivity contribution < 1.29 is 28.9 Å². The second-order valence-corrected chi connectivity index (χ2v) is 10.2. The van der Waals surface area contributed by atoms with Crippen molar-refractivity contribution >= 4 is 12.1 Å². The number of aliphatic hydroxyl groups is 1. The van der Waals surface area contributed by atoms with Crippen LogP contribution in [0, 0.1) is 0 Å². The average molecular weight is 577 g/mol. The summed E-state index contributed by atoms with van der Waals surface area (Å²) in [6.07, 6.45) is 0.194. The zero-order chi connectivity index (χ0) is 30.3. The average Bonchev–Trinajstić information content (AvgIpc) is 3.61. The summed E-state index contributed by atoms with van der Waals surface area (Å²) < 4.78 is 17.0. The van der Waals surface area contributed by atoms with Crippen LogP contribution >= 0.6 is 0 Å². The lowest BCUT2D eigenvalue weighted by atomic mass is 9.98. The summed E-state index contributed by atoms with van der Waals surface area (Å²) in [5.41, 5.74) is 2.54. The number of benzene rings is 2. The van der Waals surface area contributed by atoms with Gasteiger partial charge in [-0.15, -0.1) is 5.10 Å². The van der Waals surface area contributed by atoms with Crippen LogP contribution in [-0.2, 0) is 32.8 Å². The van der Waals surface area contributed by atoms with Crippen molar-refractivity contribution in [1.82, 2.24) is 30.2 Å². The Labute approximate surface area is 244 Å². The molecule has 0 amide bonds. The van der Waals surface area contributed by atoms with Crippen molar-refractivity contribution in [1.29, 1.82) is 0 Å². The third-order valence-corrected chi connectivity index (χ3v) is 6.50. The van der Waals surface area contributed by atoms with Crippen LogP contribution in [0.1, 0.15) is 75.0 Å². The van der Waals surface area contributed by atoms with Crippen LogP contribution in [0.15, 0.2) is 48.5 Å².